The first-order valence-electron chi connectivity index (χ1n) is 12.0. The van der Waals surface area contributed by atoms with Gasteiger partial charge in [0.2, 0.25) is 5.91 Å². The number of amides is 1. The minimum atomic E-state index is -0.171. The number of carbonyl (C=O) groups excluding carboxylic acids is 1. The lowest BCUT2D eigenvalue weighted by molar-refractivity contribution is -0.111. The average Bonchev–Trinajstić information content (AvgIpc) is 2.89. The van der Waals surface area contributed by atoms with Crippen LogP contribution in [0.25, 0.3) is 17.0 Å². The van der Waals surface area contributed by atoms with Gasteiger partial charge >= 0.3 is 0 Å². The molecule has 3 aromatic carbocycles. The fourth-order valence-corrected chi connectivity index (χ4v) is 4.56. The average molecular weight is 500 g/mol. The normalized spacial score (nSPS) is 12.6. The van der Waals surface area contributed by atoms with Gasteiger partial charge in [-0.25, -0.2) is 0 Å². The summed E-state index contributed by atoms with van der Waals surface area (Å²) in [5.41, 5.74) is 8.18. The monoisotopic (exact) mass is 499 g/mol. The van der Waals surface area contributed by atoms with Crippen LogP contribution in [0.15, 0.2) is 72.8 Å². The van der Waals surface area contributed by atoms with Crippen molar-refractivity contribution < 1.29 is 9.53 Å². The summed E-state index contributed by atoms with van der Waals surface area (Å²) in [6.45, 7) is 2.04. The number of aromatic nitrogens is 1. The van der Waals surface area contributed by atoms with E-state index in [1.54, 1.807) is 13.2 Å². The second-order valence-corrected chi connectivity index (χ2v) is 8.91. The maximum atomic E-state index is 12.6. The number of halogens is 1. The topological polar surface area (TPSA) is 63.2 Å². The summed E-state index contributed by atoms with van der Waals surface area (Å²) in [5.74, 6) is 0.614. The van der Waals surface area contributed by atoms with Gasteiger partial charge in [0.25, 0.3) is 0 Å². The molecule has 5 rings (SSSR count). The second kappa shape index (κ2) is 11.3. The number of anilines is 3. The number of hydrogen-bond acceptors (Lipinski definition) is 4. The summed E-state index contributed by atoms with van der Waals surface area (Å²) >= 11 is 0. The Morgan fingerprint density at radius 1 is 1.00 bits per heavy atom. The van der Waals surface area contributed by atoms with Crippen molar-refractivity contribution in [3.8, 4) is 5.75 Å². The Labute approximate surface area is 218 Å². The summed E-state index contributed by atoms with van der Waals surface area (Å²) in [5, 5.41) is 7.62. The highest BCUT2D eigenvalue weighted by molar-refractivity contribution is 6.04. The third-order valence-corrected chi connectivity index (χ3v) is 6.40. The second-order valence-electron chi connectivity index (χ2n) is 8.91. The third-order valence-electron chi connectivity index (χ3n) is 6.40. The molecule has 0 atom stereocenters. The van der Waals surface area contributed by atoms with Crippen LogP contribution in [-0.2, 0) is 17.6 Å². The van der Waals surface area contributed by atoms with E-state index in [4.69, 9.17) is 9.72 Å². The van der Waals surface area contributed by atoms with Crippen molar-refractivity contribution in [1.82, 2.24) is 4.98 Å². The van der Waals surface area contributed by atoms with Crippen molar-refractivity contribution in [2.45, 2.75) is 32.6 Å². The van der Waals surface area contributed by atoms with E-state index in [0.29, 0.717) is 0 Å². The Balaban J connectivity index is 0.00000304. The molecule has 0 radical (unpaired) electrons. The zero-order valence-electron chi connectivity index (χ0n) is 20.5. The van der Waals surface area contributed by atoms with Gasteiger partial charge in [0.15, 0.2) is 0 Å². The molecule has 0 fully saturated rings. The number of nitrogens with zero attached hydrogens (tertiary/aromatic N) is 1. The molecular weight excluding hydrogens is 470 g/mol. The fraction of sp³-hybridized carbons (Fsp3) is 0.200. The van der Waals surface area contributed by atoms with Gasteiger partial charge in [0.05, 0.1) is 24.0 Å². The van der Waals surface area contributed by atoms with Crippen molar-refractivity contribution in [3.05, 3.63) is 95.2 Å². The Kier molecular flexibility index (Phi) is 7.91. The first-order chi connectivity index (χ1) is 17.1. The van der Waals surface area contributed by atoms with Gasteiger partial charge in [0.1, 0.15) is 5.75 Å². The number of carbonyl (C=O) groups is 1. The Morgan fingerprint density at radius 2 is 1.78 bits per heavy atom. The van der Waals surface area contributed by atoms with Crippen LogP contribution < -0.4 is 15.4 Å². The number of hydrogen-bond donors (Lipinski definition) is 2. The van der Waals surface area contributed by atoms with E-state index >= 15 is 0 Å². The number of fused-ring (bicyclic) bond motifs is 2. The zero-order valence-corrected chi connectivity index (χ0v) is 21.3. The van der Waals surface area contributed by atoms with E-state index in [1.165, 1.54) is 11.1 Å². The SMILES string of the molecule is COc1ccccc1Nc1c2c(nc3ccc(NC(=O)C=Cc4ccc(C)cc4)cc13)CCCC2.Cl. The van der Waals surface area contributed by atoms with Crippen LogP contribution >= 0.6 is 12.4 Å². The molecule has 1 aromatic heterocycles. The molecular formula is C30H30ClN3O2. The van der Waals surface area contributed by atoms with Gasteiger partial charge in [-0.1, -0.05) is 42.0 Å². The van der Waals surface area contributed by atoms with Crippen LogP contribution in [-0.4, -0.2) is 18.0 Å². The van der Waals surface area contributed by atoms with Gasteiger partial charge in [0, 0.05) is 22.8 Å². The van der Waals surface area contributed by atoms with Gasteiger partial charge in [-0.05, 0) is 80.1 Å². The predicted octanol–water partition coefficient (Wildman–Crippen LogP) is 7.25. The van der Waals surface area contributed by atoms with E-state index in [1.807, 2.05) is 79.7 Å². The van der Waals surface area contributed by atoms with Crippen LogP contribution in [0.1, 0.15) is 35.2 Å². The van der Waals surface area contributed by atoms with Gasteiger partial charge < -0.3 is 15.4 Å². The quantitative estimate of drug-likeness (QED) is 0.274. The molecule has 6 heteroatoms. The first-order valence-corrected chi connectivity index (χ1v) is 12.0. The molecule has 2 N–H and O–H groups in total. The van der Waals surface area contributed by atoms with Gasteiger partial charge in [-0.2, -0.15) is 0 Å². The molecule has 0 aliphatic heterocycles. The number of ether oxygens (including phenoxy) is 1. The smallest absolute Gasteiger partial charge is 0.248 e. The van der Waals surface area contributed by atoms with E-state index in [0.717, 1.165) is 70.7 Å². The molecule has 0 saturated carbocycles. The van der Waals surface area contributed by atoms with Crippen molar-refractivity contribution in [2.75, 3.05) is 17.7 Å². The number of rotatable bonds is 6. The molecule has 1 amide bonds. The lowest BCUT2D eigenvalue weighted by Gasteiger charge is -2.22. The molecule has 36 heavy (non-hydrogen) atoms. The van der Waals surface area contributed by atoms with Crippen molar-refractivity contribution in [3.63, 3.8) is 0 Å². The predicted molar refractivity (Wildman–Crippen MR) is 151 cm³/mol. The summed E-state index contributed by atoms with van der Waals surface area (Å²) in [4.78, 5) is 17.6. The summed E-state index contributed by atoms with van der Waals surface area (Å²) in [7, 11) is 1.68. The van der Waals surface area contributed by atoms with Crippen LogP contribution in [0.4, 0.5) is 17.1 Å². The van der Waals surface area contributed by atoms with Crippen molar-refractivity contribution >= 4 is 52.4 Å². The molecule has 0 spiro atoms. The third kappa shape index (κ3) is 5.52. The minimum absolute atomic E-state index is 0. The number of methoxy groups -OCH3 is 1. The number of aryl methyl sites for hydroxylation is 2. The highest BCUT2D eigenvalue weighted by Gasteiger charge is 2.19. The van der Waals surface area contributed by atoms with Crippen LogP contribution in [0.5, 0.6) is 5.75 Å². The van der Waals surface area contributed by atoms with E-state index < -0.39 is 0 Å². The minimum Gasteiger partial charge on any atom is -0.495 e. The largest absolute Gasteiger partial charge is 0.495 e. The summed E-state index contributed by atoms with van der Waals surface area (Å²) < 4.78 is 5.58. The van der Waals surface area contributed by atoms with E-state index in [-0.39, 0.29) is 18.3 Å². The maximum absolute atomic E-state index is 12.6. The van der Waals surface area contributed by atoms with Crippen LogP contribution in [0, 0.1) is 6.92 Å². The van der Waals surface area contributed by atoms with Crippen LogP contribution in [0.3, 0.4) is 0 Å². The molecule has 0 unspecified atom stereocenters. The molecule has 4 aromatic rings. The van der Waals surface area contributed by atoms with Gasteiger partial charge in [-0.3, -0.25) is 9.78 Å². The standard InChI is InChI=1S/C30H29N3O2.ClH/c1-20-11-13-21(14-12-20)15-18-29(34)31-22-16-17-26-24(19-22)30(23-7-3-4-8-25(23)32-26)33-27-9-5-6-10-28(27)35-2;/h5-6,9-19H,3-4,7-8H2,1-2H3,(H,31,34)(H,32,33);1H. The molecule has 0 saturated heterocycles. The van der Waals surface area contributed by atoms with Gasteiger partial charge in [-0.15, -0.1) is 12.4 Å². The highest BCUT2D eigenvalue weighted by atomic mass is 35.5. The molecule has 184 valence electrons. The molecule has 0 bridgehead atoms. The Morgan fingerprint density at radius 3 is 2.58 bits per heavy atom. The number of pyridine rings is 1. The number of benzene rings is 3. The zero-order chi connectivity index (χ0) is 24.2. The maximum Gasteiger partial charge on any atom is 0.248 e. The fourth-order valence-electron chi connectivity index (χ4n) is 4.56. The number of para-hydroxylation sites is 2. The molecule has 5 nitrogen and oxygen atoms in total. The molecule has 1 aliphatic rings. The Hall–Kier alpha value is -3.83. The van der Waals surface area contributed by atoms with E-state index in [9.17, 15) is 4.79 Å². The first kappa shape index (κ1) is 25.3. The highest BCUT2D eigenvalue weighted by Crippen LogP contribution is 2.38. The summed E-state index contributed by atoms with van der Waals surface area (Å²) in [6, 6.07) is 21.9. The Bertz CT molecular complexity index is 1410. The number of nitrogens with one attached hydrogen (secondary N) is 2. The lowest BCUT2D eigenvalue weighted by atomic mass is 9.92. The van der Waals surface area contributed by atoms with Crippen LogP contribution in [0.2, 0.25) is 0 Å². The lowest BCUT2D eigenvalue weighted by Crippen LogP contribution is -2.11. The van der Waals surface area contributed by atoms with Crippen molar-refractivity contribution in [2.24, 2.45) is 0 Å². The van der Waals surface area contributed by atoms with E-state index in [2.05, 4.69) is 10.6 Å². The van der Waals surface area contributed by atoms with Crippen molar-refractivity contribution in [1.29, 1.82) is 0 Å². The molecule has 1 heterocycles. The molecule has 1 aliphatic carbocycles. The summed E-state index contributed by atoms with van der Waals surface area (Å²) in [6.07, 6.45) is 7.64.